The number of H-pyrrole nitrogens is 1. The fraction of sp³-hybridized carbons (Fsp3) is 0.359. The summed E-state index contributed by atoms with van der Waals surface area (Å²) >= 11 is 2.85. The monoisotopic (exact) mass is 741 g/mol. The van der Waals surface area contributed by atoms with Crippen LogP contribution in [0.25, 0.3) is 21.9 Å². The molecule has 7 rings (SSSR count). The number of pyridine rings is 1. The Hall–Kier alpha value is -4.37. The molecule has 2 aromatic carbocycles. The van der Waals surface area contributed by atoms with Crippen molar-refractivity contribution in [3.63, 3.8) is 0 Å². The van der Waals surface area contributed by atoms with Crippen LogP contribution in [0, 0.1) is 0 Å². The third-order valence-corrected chi connectivity index (χ3v) is 12.1. The first-order valence-electron chi connectivity index (χ1n) is 17.6. The molecular weight excluding hydrogens is 699 g/mol. The summed E-state index contributed by atoms with van der Waals surface area (Å²) in [4.78, 5) is 35.6. The van der Waals surface area contributed by atoms with Gasteiger partial charge in [0.25, 0.3) is 0 Å². The standard InChI is InChI=1S/C39H43N5O6S2/c1-43(26-8-10-27(11-9-26)50-39(38(48)49,34-5-2-19-51-34)35-6-3-20-52-35)17-4-18-44-24-41-30-21-25(7-14-31(30)44)22-40-23-33(46)28-12-15-32(45)37-29(28)13-16-36(47)42-37/h2-3,5-7,12-16,19-21,24,26-27,33,40,45-46H,4,8-11,17-18,22-23H2,1H3,(H,42,47)(H,48,49)/t26-,27-,33-/m0/s1. The highest BCUT2D eigenvalue weighted by Crippen LogP contribution is 2.42. The number of aliphatic hydroxyl groups excluding tert-OH is 1. The Kier molecular flexibility index (Phi) is 10.9. The largest absolute Gasteiger partial charge is 0.506 e. The highest BCUT2D eigenvalue weighted by Gasteiger charge is 2.48. The number of phenolic OH excluding ortho intramolecular Hbond substituents is 1. The van der Waals surface area contributed by atoms with Gasteiger partial charge in [-0.05, 0) is 104 Å². The highest BCUT2D eigenvalue weighted by molar-refractivity contribution is 7.12. The minimum Gasteiger partial charge on any atom is -0.506 e. The number of aliphatic hydroxyl groups is 1. The number of aromatic hydroxyl groups is 1. The van der Waals surface area contributed by atoms with Crippen molar-refractivity contribution in [2.75, 3.05) is 20.1 Å². The Labute approximate surface area is 309 Å². The fourth-order valence-electron chi connectivity index (χ4n) is 7.39. The van der Waals surface area contributed by atoms with Crippen molar-refractivity contribution in [1.29, 1.82) is 0 Å². The lowest BCUT2D eigenvalue weighted by Crippen LogP contribution is -2.44. The molecule has 1 saturated carbocycles. The molecule has 0 unspecified atom stereocenters. The van der Waals surface area contributed by atoms with Crippen molar-refractivity contribution in [2.24, 2.45) is 0 Å². The SMILES string of the molecule is CN(CCCn1cnc2cc(CNC[C@H](O)c3ccc(O)c4[nH]c(=O)ccc34)ccc21)[C@H]1CC[C@H](OC(C(=O)O)(c2cccs2)c2cccs2)CC1. The van der Waals surface area contributed by atoms with Gasteiger partial charge >= 0.3 is 5.97 Å². The van der Waals surface area contributed by atoms with Gasteiger partial charge in [-0.25, -0.2) is 9.78 Å². The number of phenols is 1. The molecule has 6 aromatic rings. The molecule has 4 heterocycles. The summed E-state index contributed by atoms with van der Waals surface area (Å²) in [5, 5.41) is 39.2. The molecule has 52 heavy (non-hydrogen) atoms. The van der Waals surface area contributed by atoms with Crippen molar-refractivity contribution >= 4 is 50.6 Å². The second-order valence-electron chi connectivity index (χ2n) is 13.5. The number of carbonyl (C=O) groups is 1. The van der Waals surface area contributed by atoms with Gasteiger partial charge in [-0.2, -0.15) is 0 Å². The third kappa shape index (κ3) is 7.43. The maximum Gasteiger partial charge on any atom is 0.347 e. The average molecular weight is 742 g/mol. The van der Waals surface area contributed by atoms with Gasteiger partial charge in [-0.15, -0.1) is 22.7 Å². The predicted molar refractivity (Wildman–Crippen MR) is 204 cm³/mol. The number of benzene rings is 2. The Morgan fingerprint density at radius 3 is 2.52 bits per heavy atom. The van der Waals surface area contributed by atoms with Crippen LogP contribution in [0.2, 0.25) is 0 Å². The van der Waals surface area contributed by atoms with Crippen molar-refractivity contribution in [3.8, 4) is 5.75 Å². The maximum absolute atomic E-state index is 12.8. The number of aryl methyl sites for hydroxylation is 1. The average Bonchev–Trinajstić information content (AvgIpc) is 3.95. The van der Waals surface area contributed by atoms with E-state index in [1.165, 1.54) is 34.8 Å². The van der Waals surface area contributed by atoms with Crippen LogP contribution < -0.4 is 10.9 Å². The number of hydrogen-bond donors (Lipinski definition) is 5. The zero-order valence-corrected chi connectivity index (χ0v) is 30.5. The van der Waals surface area contributed by atoms with Crippen LogP contribution in [-0.2, 0) is 28.2 Å². The molecule has 5 N–H and O–H groups in total. The Morgan fingerprint density at radius 1 is 1.08 bits per heavy atom. The molecule has 1 fully saturated rings. The lowest BCUT2D eigenvalue weighted by molar-refractivity contribution is -0.170. The minimum atomic E-state index is -1.46. The molecule has 0 aliphatic heterocycles. The lowest BCUT2D eigenvalue weighted by Gasteiger charge is -2.38. The first-order valence-corrected chi connectivity index (χ1v) is 19.4. The fourth-order valence-corrected chi connectivity index (χ4v) is 9.20. The molecule has 0 saturated heterocycles. The van der Waals surface area contributed by atoms with Gasteiger partial charge < -0.3 is 39.8 Å². The number of aliphatic carboxylic acids is 1. The first kappa shape index (κ1) is 36.0. The number of nitrogens with one attached hydrogen (secondary N) is 2. The number of carboxylic acid groups (broad SMARTS) is 1. The summed E-state index contributed by atoms with van der Waals surface area (Å²) in [5.41, 5.74) is 2.21. The van der Waals surface area contributed by atoms with E-state index in [1.54, 1.807) is 12.1 Å². The van der Waals surface area contributed by atoms with Gasteiger partial charge in [0.2, 0.25) is 11.2 Å². The van der Waals surface area contributed by atoms with Crippen LogP contribution in [0.5, 0.6) is 5.75 Å². The molecule has 13 heteroatoms. The number of imidazole rings is 1. The van der Waals surface area contributed by atoms with Crippen LogP contribution in [0.3, 0.4) is 0 Å². The van der Waals surface area contributed by atoms with E-state index in [0.29, 0.717) is 45.4 Å². The first-order chi connectivity index (χ1) is 25.2. The predicted octanol–water partition coefficient (Wildman–Crippen LogP) is 6.21. The van der Waals surface area contributed by atoms with E-state index in [2.05, 4.69) is 50.0 Å². The van der Waals surface area contributed by atoms with E-state index in [1.807, 2.05) is 41.4 Å². The molecule has 11 nitrogen and oxygen atoms in total. The van der Waals surface area contributed by atoms with Gasteiger partial charge in [0.1, 0.15) is 5.75 Å². The van der Waals surface area contributed by atoms with Crippen molar-refractivity contribution in [2.45, 2.75) is 69.0 Å². The van der Waals surface area contributed by atoms with E-state index >= 15 is 0 Å². The van der Waals surface area contributed by atoms with E-state index in [9.17, 15) is 24.9 Å². The number of rotatable bonds is 15. The molecule has 1 atom stereocenters. The molecule has 4 aromatic heterocycles. The molecular formula is C39H43N5O6S2. The van der Waals surface area contributed by atoms with Gasteiger partial charge in [0, 0.05) is 37.1 Å². The molecule has 0 spiro atoms. The summed E-state index contributed by atoms with van der Waals surface area (Å²) in [5.74, 6) is -0.999. The Balaban J connectivity index is 0.884. The quantitative estimate of drug-likeness (QED) is 0.0828. The lowest BCUT2D eigenvalue weighted by atomic mass is 9.90. The van der Waals surface area contributed by atoms with E-state index < -0.39 is 17.7 Å². The van der Waals surface area contributed by atoms with Gasteiger partial charge in [0.15, 0.2) is 0 Å². The summed E-state index contributed by atoms with van der Waals surface area (Å²) in [6.45, 7) is 2.62. The number of fused-ring (bicyclic) bond motifs is 2. The number of aromatic amines is 1. The van der Waals surface area contributed by atoms with Crippen LogP contribution in [0.4, 0.5) is 0 Å². The third-order valence-electron chi connectivity index (χ3n) is 10.2. The second kappa shape index (κ2) is 15.7. The minimum absolute atomic E-state index is 0.0350. The number of carboxylic acids is 1. The molecule has 0 bridgehead atoms. The maximum atomic E-state index is 12.8. The molecule has 1 aliphatic rings. The van der Waals surface area contributed by atoms with Gasteiger partial charge in [0.05, 0.1) is 44.8 Å². The zero-order valence-electron chi connectivity index (χ0n) is 28.9. The van der Waals surface area contributed by atoms with E-state index in [-0.39, 0.29) is 17.4 Å². The Bertz CT molecular complexity index is 2140. The van der Waals surface area contributed by atoms with Crippen molar-refractivity contribution < 1.29 is 24.9 Å². The highest BCUT2D eigenvalue weighted by atomic mass is 32.1. The topological polar surface area (TPSA) is 153 Å². The number of aromatic nitrogens is 3. The van der Waals surface area contributed by atoms with Crippen LogP contribution in [0.15, 0.2) is 88.6 Å². The van der Waals surface area contributed by atoms with Gasteiger partial charge in [-0.1, -0.05) is 24.3 Å². The number of nitrogens with zero attached hydrogens (tertiary/aromatic N) is 3. The van der Waals surface area contributed by atoms with Crippen LogP contribution in [0.1, 0.15) is 59.1 Å². The summed E-state index contributed by atoms with van der Waals surface area (Å²) in [7, 11) is 2.18. The van der Waals surface area contributed by atoms with Crippen LogP contribution >= 0.6 is 22.7 Å². The van der Waals surface area contributed by atoms with Gasteiger partial charge in [-0.3, -0.25) is 4.79 Å². The smallest absolute Gasteiger partial charge is 0.347 e. The molecule has 0 amide bonds. The summed E-state index contributed by atoms with van der Waals surface area (Å²) in [6.07, 6.45) is 5.46. The van der Waals surface area contributed by atoms with E-state index in [4.69, 9.17) is 4.74 Å². The van der Waals surface area contributed by atoms with Crippen LogP contribution in [-0.4, -0.2) is 73.0 Å². The van der Waals surface area contributed by atoms with Crippen molar-refractivity contribution in [3.05, 3.63) is 115 Å². The summed E-state index contributed by atoms with van der Waals surface area (Å²) < 4.78 is 8.76. The Morgan fingerprint density at radius 2 is 1.83 bits per heavy atom. The molecule has 272 valence electrons. The molecule has 1 aliphatic carbocycles. The zero-order chi connectivity index (χ0) is 36.2. The second-order valence-corrected chi connectivity index (χ2v) is 15.4. The number of thiophene rings is 2. The van der Waals surface area contributed by atoms with Crippen molar-refractivity contribution in [1.82, 2.24) is 24.8 Å². The van der Waals surface area contributed by atoms with E-state index in [0.717, 1.165) is 61.8 Å². The number of ether oxygens (including phenoxy) is 1. The number of hydrogen-bond acceptors (Lipinski definition) is 10. The summed E-state index contributed by atoms with van der Waals surface area (Å²) in [6, 6.07) is 20.3. The molecule has 0 radical (unpaired) electrons. The normalized spacial score (nSPS) is 17.3.